The van der Waals surface area contributed by atoms with Crippen molar-refractivity contribution in [2.45, 2.75) is 11.8 Å². The van der Waals surface area contributed by atoms with Gasteiger partial charge in [-0.1, -0.05) is 22.4 Å². The van der Waals surface area contributed by atoms with Crippen LogP contribution in [0.4, 0.5) is 21.6 Å². The number of para-hydroxylation sites is 1. The monoisotopic (exact) mass is 416 g/mol. The average molecular weight is 417 g/mol. The third-order valence-corrected chi connectivity index (χ3v) is 5.24. The highest BCUT2D eigenvalue weighted by Crippen LogP contribution is 2.24. The predicted octanol–water partition coefficient (Wildman–Crippen LogP) is 4.35. The van der Waals surface area contributed by atoms with Crippen LogP contribution in [0.1, 0.15) is 5.56 Å². The van der Waals surface area contributed by atoms with Gasteiger partial charge in [-0.15, -0.1) is 0 Å². The van der Waals surface area contributed by atoms with Crippen molar-refractivity contribution in [3.63, 3.8) is 0 Å². The molecule has 0 saturated carbocycles. The molecule has 0 saturated heterocycles. The Morgan fingerprint density at radius 3 is 2.64 bits per heavy atom. The van der Waals surface area contributed by atoms with Gasteiger partial charge in [0.2, 0.25) is 0 Å². The highest BCUT2D eigenvalue weighted by molar-refractivity contribution is 7.99. The Kier molecular flexibility index (Phi) is 5.98. The van der Waals surface area contributed by atoms with Crippen LogP contribution in [-0.2, 0) is 14.6 Å². The smallest absolute Gasteiger partial charge is 0.182 e. The van der Waals surface area contributed by atoms with E-state index in [4.69, 9.17) is 12.2 Å². The zero-order valence-electron chi connectivity index (χ0n) is 14.8. The summed E-state index contributed by atoms with van der Waals surface area (Å²) in [5, 5.41) is 6.10. The summed E-state index contributed by atoms with van der Waals surface area (Å²) >= 11 is 5.24. The van der Waals surface area contributed by atoms with Crippen molar-refractivity contribution in [1.82, 2.24) is 4.98 Å². The molecular weight excluding hydrogens is 399 g/mol. The number of nitrogens with one attached hydrogen (secondary N) is 3. The molecule has 0 aliphatic heterocycles. The SMILES string of the molecule is Cc1ccnc(NC(=S)Nc2cccc([S+](=O)([O-])Nc3ccccc3F)c2)c1. The number of aryl methyl sites for hydroxylation is 1. The number of benzene rings is 2. The van der Waals surface area contributed by atoms with Gasteiger partial charge in [-0.3, -0.25) is 0 Å². The van der Waals surface area contributed by atoms with Gasteiger partial charge in [0.15, 0.2) is 26.2 Å². The maximum atomic E-state index is 13.8. The maximum Gasteiger partial charge on any atom is 0.182 e. The van der Waals surface area contributed by atoms with Crippen LogP contribution < -0.4 is 15.4 Å². The van der Waals surface area contributed by atoms with Gasteiger partial charge in [-0.05, 0) is 61.1 Å². The van der Waals surface area contributed by atoms with Crippen molar-refractivity contribution in [2.75, 3.05) is 15.4 Å². The van der Waals surface area contributed by atoms with Crippen molar-refractivity contribution < 1.29 is 13.2 Å². The number of hydrogen-bond donors (Lipinski definition) is 3. The molecule has 1 unspecified atom stereocenters. The minimum atomic E-state index is -3.96. The highest BCUT2D eigenvalue weighted by atomic mass is 32.3. The van der Waals surface area contributed by atoms with Crippen molar-refractivity contribution in [2.24, 2.45) is 0 Å². The lowest BCUT2D eigenvalue weighted by atomic mass is 10.3. The molecule has 3 rings (SSSR count). The second kappa shape index (κ2) is 8.42. The zero-order chi connectivity index (χ0) is 20.1. The van der Waals surface area contributed by atoms with Crippen LogP contribution in [0.15, 0.2) is 71.8 Å². The highest BCUT2D eigenvalue weighted by Gasteiger charge is 2.22. The van der Waals surface area contributed by atoms with E-state index in [9.17, 15) is 13.2 Å². The summed E-state index contributed by atoms with van der Waals surface area (Å²) in [6.45, 7) is 1.93. The summed E-state index contributed by atoms with van der Waals surface area (Å²) < 4.78 is 41.1. The van der Waals surface area contributed by atoms with Crippen LogP contribution in [0, 0.1) is 12.7 Å². The number of halogens is 1. The fraction of sp³-hybridized carbons (Fsp3) is 0.0526. The number of pyridine rings is 1. The largest absolute Gasteiger partial charge is 0.588 e. The summed E-state index contributed by atoms with van der Waals surface area (Å²) in [4.78, 5) is 4.12. The predicted molar refractivity (Wildman–Crippen MR) is 112 cm³/mol. The van der Waals surface area contributed by atoms with Crippen LogP contribution in [-0.4, -0.2) is 14.6 Å². The molecule has 2 aromatic carbocycles. The third-order valence-electron chi connectivity index (χ3n) is 3.68. The lowest BCUT2D eigenvalue weighted by molar-refractivity contribution is 0.483. The summed E-state index contributed by atoms with van der Waals surface area (Å²) in [6.07, 6.45) is 1.65. The van der Waals surface area contributed by atoms with E-state index in [1.807, 2.05) is 19.1 Å². The van der Waals surface area contributed by atoms with Crippen LogP contribution in [0.25, 0.3) is 0 Å². The molecule has 28 heavy (non-hydrogen) atoms. The van der Waals surface area contributed by atoms with E-state index < -0.39 is 16.2 Å². The number of sulfonamides is 1. The molecule has 0 amide bonds. The van der Waals surface area contributed by atoms with Gasteiger partial charge in [0.1, 0.15) is 11.5 Å². The molecule has 1 atom stereocenters. The molecule has 3 aromatic rings. The number of aromatic nitrogens is 1. The Hall–Kier alpha value is -2.88. The normalized spacial score (nSPS) is 12.7. The minimum Gasteiger partial charge on any atom is -0.588 e. The van der Waals surface area contributed by atoms with Gasteiger partial charge < -0.3 is 15.2 Å². The Bertz CT molecular complexity index is 1060. The first-order valence-electron chi connectivity index (χ1n) is 8.21. The van der Waals surface area contributed by atoms with E-state index in [1.165, 1.54) is 30.3 Å². The topological polar surface area (TPSA) is 89.1 Å². The number of hydrogen-bond acceptors (Lipinski definition) is 4. The first-order chi connectivity index (χ1) is 13.3. The van der Waals surface area contributed by atoms with E-state index in [-0.39, 0.29) is 15.7 Å². The quantitative estimate of drug-likeness (QED) is 0.423. The first kappa shape index (κ1) is 19.9. The number of anilines is 3. The molecule has 0 aliphatic carbocycles. The van der Waals surface area contributed by atoms with Gasteiger partial charge in [0, 0.05) is 18.0 Å². The first-order valence-corrected chi connectivity index (χ1v) is 10.1. The standard InChI is InChI=1S/C19H17FN4O2S2/c1-13-9-10-21-18(11-13)23-19(27)22-14-5-4-6-15(12-14)28(25,26)24-17-8-3-2-7-16(17)20/h2-12H,1H3,(H3-,21,22,23,24,25,26,27). The summed E-state index contributed by atoms with van der Waals surface area (Å²) in [5.41, 5.74) is 1.36. The molecular formula is C19H17FN4O2S2. The Balaban J connectivity index is 1.73. The van der Waals surface area contributed by atoms with E-state index in [2.05, 4.69) is 20.3 Å². The number of nitrogens with zero attached hydrogens (tertiary/aromatic N) is 1. The average Bonchev–Trinajstić information content (AvgIpc) is 2.63. The number of rotatable bonds is 5. The summed E-state index contributed by atoms with van der Waals surface area (Å²) in [6, 6.07) is 15.3. The minimum absolute atomic E-state index is 0.0303. The van der Waals surface area contributed by atoms with Crippen LogP contribution in [0.2, 0.25) is 0 Å². The van der Waals surface area contributed by atoms with Crippen molar-refractivity contribution in [3.8, 4) is 0 Å². The molecule has 6 nitrogen and oxygen atoms in total. The van der Waals surface area contributed by atoms with Crippen molar-refractivity contribution >= 4 is 44.9 Å². The molecule has 3 N–H and O–H groups in total. The lowest BCUT2D eigenvalue weighted by Crippen LogP contribution is -2.23. The second-order valence-corrected chi connectivity index (χ2v) is 8.00. The lowest BCUT2D eigenvalue weighted by Gasteiger charge is -2.17. The Morgan fingerprint density at radius 2 is 1.89 bits per heavy atom. The van der Waals surface area contributed by atoms with Crippen LogP contribution in [0.5, 0.6) is 0 Å². The maximum absolute atomic E-state index is 13.8. The molecule has 144 valence electrons. The van der Waals surface area contributed by atoms with E-state index in [1.54, 1.807) is 24.4 Å². The van der Waals surface area contributed by atoms with E-state index in [0.717, 1.165) is 5.56 Å². The number of thiocarbonyl (C=S) groups is 1. The Labute approximate surface area is 168 Å². The Morgan fingerprint density at radius 1 is 1.11 bits per heavy atom. The van der Waals surface area contributed by atoms with Gasteiger partial charge in [0.05, 0.1) is 0 Å². The van der Waals surface area contributed by atoms with E-state index in [0.29, 0.717) is 11.5 Å². The van der Waals surface area contributed by atoms with Crippen molar-refractivity contribution in [3.05, 3.63) is 78.2 Å². The molecule has 0 aliphatic rings. The second-order valence-electron chi connectivity index (χ2n) is 5.91. The molecule has 1 aromatic heterocycles. The fourth-order valence-corrected chi connectivity index (χ4v) is 3.71. The van der Waals surface area contributed by atoms with Gasteiger partial charge in [0.25, 0.3) is 0 Å². The third kappa shape index (κ3) is 5.10. The zero-order valence-corrected chi connectivity index (χ0v) is 16.4. The van der Waals surface area contributed by atoms with Crippen molar-refractivity contribution in [1.29, 1.82) is 0 Å². The van der Waals surface area contributed by atoms with Gasteiger partial charge in [-0.25, -0.2) is 9.37 Å². The van der Waals surface area contributed by atoms with Crippen LogP contribution in [0.3, 0.4) is 0 Å². The van der Waals surface area contributed by atoms with Gasteiger partial charge in [-0.2, -0.15) is 4.72 Å². The fourth-order valence-electron chi connectivity index (χ4n) is 2.37. The summed E-state index contributed by atoms with van der Waals surface area (Å²) in [5.74, 6) is -0.0844. The molecule has 0 fully saturated rings. The van der Waals surface area contributed by atoms with Crippen LogP contribution >= 0.6 is 12.2 Å². The molecule has 0 spiro atoms. The molecule has 9 heteroatoms. The van der Waals surface area contributed by atoms with Gasteiger partial charge >= 0.3 is 0 Å². The molecule has 0 radical (unpaired) electrons. The summed E-state index contributed by atoms with van der Waals surface area (Å²) in [7, 11) is -3.96. The van der Waals surface area contributed by atoms with E-state index >= 15 is 0 Å². The molecule has 0 bridgehead atoms. The molecule has 1 heterocycles.